The van der Waals surface area contributed by atoms with Crippen molar-refractivity contribution in [2.24, 2.45) is 0 Å². The maximum atomic E-state index is 12.1. The molecule has 0 aliphatic heterocycles. The molecule has 6 N–H and O–H groups in total. The lowest BCUT2D eigenvalue weighted by molar-refractivity contribution is -0.122. The van der Waals surface area contributed by atoms with Gasteiger partial charge in [0, 0.05) is 138 Å². The van der Waals surface area contributed by atoms with Crippen molar-refractivity contribution < 1.29 is 24.0 Å². The number of hydrogen-bond donors (Lipinski definition) is 6. The molecule has 0 aromatic heterocycles. The number of nitrogens with one attached hydrogen (secondary N) is 6. The van der Waals surface area contributed by atoms with Crippen LogP contribution in [0.5, 0.6) is 0 Å². The average molecular weight is 600 g/mol. The summed E-state index contributed by atoms with van der Waals surface area (Å²) >= 11 is 0. The normalized spacial score (nSPS) is 11.0. The summed E-state index contributed by atoms with van der Waals surface area (Å²) in [7, 11) is 4.83. The van der Waals surface area contributed by atoms with Gasteiger partial charge in [0.25, 0.3) is 0 Å². The molecule has 0 aliphatic rings. The number of rotatable bonds is 26. The highest BCUT2D eigenvalue weighted by Crippen LogP contribution is 2.01. The molecule has 0 fully saturated rings. The average Bonchev–Trinajstić information content (AvgIpc) is 2.98. The Morgan fingerprint density at radius 2 is 0.762 bits per heavy atom. The minimum atomic E-state index is -0.0567. The molecule has 244 valence electrons. The largest absolute Gasteiger partial charge is 0.359 e. The van der Waals surface area contributed by atoms with E-state index < -0.39 is 0 Å². The van der Waals surface area contributed by atoms with Crippen LogP contribution in [0.2, 0.25) is 0 Å². The summed E-state index contributed by atoms with van der Waals surface area (Å²) in [5, 5.41) is 16.9. The van der Waals surface area contributed by atoms with Gasteiger partial charge in [0.05, 0.1) is 0 Å². The van der Waals surface area contributed by atoms with Crippen LogP contribution in [0.3, 0.4) is 0 Å². The Morgan fingerprint density at radius 1 is 0.429 bits per heavy atom. The molecule has 0 atom stereocenters. The van der Waals surface area contributed by atoms with Crippen LogP contribution >= 0.6 is 0 Å². The topological polar surface area (TPSA) is 167 Å². The van der Waals surface area contributed by atoms with Crippen molar-refractivity contribution in [2.45, 2.75) is 46.0 Å². The van der Waals surface area contributed by atoms with Crippen LogP contribution in [-0.4, -0.2) is 150 Å². The second-order valence-corrected chi connectivity index (χ2v) is 9.95. The third-order valence-corrected chi connectivity index (χ3v) is 6.80. The third-order valence-electron chi connectivity index (χ3n) is 6.80. The predicted octanol–water partition coefficient (Wildman–Crippen LogP) is -2.06. The fourth-order valence-corrected chi connectivity index (χ4v) is 4.12. The molecule has 0 heterocycles. The van der Waals surface area contributed by atoms with E-state index in [1.54, 1.807) is 21.1 Å². The summed E-state index contributed by atoms with van der Waals surface area (Å²) < 4.78 is 0. The van der Waals surface area contributed by atoms with E-state index in [0.29, 0.717) is 117 Å². The first-order valence-electron chi connectivity index (χ1n) is 15.2. The number of nitrogens with zero attached hydrogens (tertiary/aromatic N) is 3. The molecule has 0 radical (unpaired) electrons. The van der Waals surface area contributed by atoms with Crippen molar-refractivity contribution in [3.8, 4) is 0 Å². The minimum absolute atomic E-state index is 0.00560. The van der Waals surface area contributed by atoms with Crippen molar-refractivity contribution in [3.63, 3.8) is 0 Å². The molecule has 14 heteroatoms. The predicted molar refractivity (Wildman–Crippen MR) is 165 cm³/mol. The second-order valence-electron chi connectivity index (χ2n) is 9.95. The van der Waals surface area contributed by atoms with E-state index in [1.807, 2.05) is 13.8 Å². The van der Waals surface area contributed by atoms with E-state index in [0.717, 1.165) is 0 Å². The third kappa shape index (κ3) is 21.9. The van der Waals surface area contributed by atoms with E-state index >= 15 is 0 Å². The van der Waals surface area contributed by atoms with Gasteiger partial charge in [0.15, 0.2) is 0 Å². The number of carbonyl (C=O) groups excluding carboxylic acids is 5. The van der Waals surface area contributed by atoms with Crippen LogP contribution in [-0.2, 0) is 24.0 Å². The summed E-state index contributed by atoms with van der Waals surface area (Å²) in [4.78, 5) is 66.1. The molecule has 0 saturated carbocycles. The molecule has 0 aromatic rings. The molecular formula is C28H57N9O5. The van der Waals surface area contributed by atoms with Crippen molar-refractivity contribution in [3.05, 3.63) is 0 Å². The van der Waals surface area contributed by atoms with Crippen molar-refractivity contribution >= 4 is 29.5 Å². The lowest BCUT2D eigenvalue weighted by atomic mass is 10.2. The Bertz CT molecular complexity index is 765. The summed E-state index contributed by atoms with van der Waals surface area (Å²) in [5.41, 5.74) is 0. The molecule has 14 nitrogen and oxygen atoms in total. The first-order valence-corrected chi connectivity index (χ1v) is 15.2. The summed E-state index contributed by atoms with van der Waals surface area (Å²) in [5.74, 6) is -0.131. The van der Waals surface area contributed by atoms with Gasteiger partial charge in [-0.1, -0.05) is 0 Å². The van der Waals surface area contributed by atoms with Crippen molar-refractivity contribution in [1.82, 2.24) is 46.6 Å². The number of carbonyl (C=O) groups is 5. The smallest absolute Gasteiger partial charge is 0.221 e. The molecule has 0 aliphatic carbocycles. The van der Waals surface area contributed by atoms with Gasteiger partial charge in [-0.05, 0) is 13.8 Å². The fraction of sp³-hybridized carbons (Fsp3) is 0.821. The summed E-state index contributed by atoms with van der Waals surface area (Å²) in [6.45, 7) is 11.9. The van der Waals surface area contributed by atoms with Gasteiger partial charge in [-0.3, -0.25) is 24.0 Å². The molecule has 42 heavy (non-hydrogen) atoms. The first-order chi connectivity index (χ1) is 20.2. The highest BCUT2D eigenvalue weighted by atomic mass is 16.2. The van der Waals surface area contributed by atoms with Crippen LogP contribution in [0.25, 0.3) is 0 Å². The lowest BCUT2D eigenvalue weighted by Crippen LogP contribution is -2.44. The zero-order valence-electron chi connectivity index (χ0n) is 26.6. The van der Waals surface area contributed by atoms with E-state index in [9.17, 15) is 24.0 Å². The highest BCUT2D eigenvalue weighted by Gasteiger charge is 2.16. The standard InChI is InChI=1S/C28H57N9O5/c1-6-33-27(41)8-13-32-14-19-36(18-12-28(42)34-7-2)21-23-37(17-11-26(40)31-5)22-20-35(15-9-24(38)29-3)16-10-25(39)30-4/h32H,6-23H2,1-5H3,(H,29,38)(H,30,39)(H,31,40)(H,33,41)(H,34,42). The van der Waals surface area contributed by atoms with Crippen LogP contribution in [0.15, 0.2) is 0 Å². The van der Waals surface area contributed by atoms with Crippen molar-refractivity contribution in [1.29, 1.82) is 0 Å². The van der Waals surface area contributed by atoms with Gasteiger partial charge in [0.1, 0.15) is 0 Å². The lowest BCUT2D eigenvalue weighted by Gasteiger charge is -2.30. The minimum Gasteiger partial charge on any atom is -0.359 e. The molecular weight excluding hydrogens is 542 g/mol. The SMILES string of the molecule is CCNC(=O)CCNCCN(CCC(=O)NCC)CCN(CCC(=O)NC)CCN(CCC(=O)NC)CCC(=O)NC. The van der Waals surface area contributed by atoms with Gasteiger partial charge in [-0.15, -0.1) is 0 Å². The fourth-order valence-electron chi connectivity index (χ4n) is 4.12. The molecule has 0 rings (SSSR count). The summed E-state index contributed by atoms with van der Waals surface area (Å²) in [6.07, 6.45) is 1.83. The van der Waals surface area contributed by atoms with Gasteiger partial charge in [0.2, 0.25) is 29.5 Å². The highest BCUT2D eigenvalue weighted by molar-refractivity contribution is 5.77. The van der Waals surface area contributed by atoms with Crippen molar-refractivity contribution in [2.75, 3.05) is 106 Å². The zero-order valence-corrected chi connectivity index (χ0v) is 26.6. The molecule has 0 aromatic carbocycles. The number of amides is 5. The molecule has 0 spiro atoms. The second kappa shape index (κ2) is 25.9. The van der Waals surface area contributed by atoms with E-state index in [1.165, 1.54) is 0 Å². The molecule has 0 saturated heterocycles. The van der Waals surface area contributed by atoms with Crippen LogP contribution < -0.4 is 31.9 Å². The summed E-state index contributed by atoms with van der Waals surface area (Å²) in [6, 6.07) is 0. The van der Waals surface area contributed by atoms with Crippen LogP contribution in [0, 0.1) is 0 Å². The Hall–Kier alpha value is -2.81. The Balaban J connectivity index is 5.24. The van der Waals surface area contributed by atoms with Crippen LogP contribution in [0.1, 0.15) is 46.0 Å². The zero-order chi connectivity index (χ0) is 31.6. The number of hydrogen-bond acceptors (Lipinski definition) is 9. The quantitative estimate of drug-likeness (QED) is 0.0613. The van der Waals surface area contributed by atoms with E-state index in [-0.39, 0.29) is 29.5 Å². The Labute approximate surface area is 252 Å². The van der Waals surface area contributed by atoms with Gasteiger partial charge >= 0.3 is 0 Å². The van der Waals surface area contributed by atoms with Gasteiger partial charge in [-0.25, -0.2) is 0 Å². The Kier molecular flexibility index (Phi) is 24.1. The Morgan fingerprint density at radius 3 is 1.14 bits per heavy atom. The van der Waals surface area contributed by atoms with Gasteiger partial charge < -0.3 is 46.6 Å². The molecule has 0 bridgehead atoms. The van der Waals surface area contributed by atoms with E-state index in [4.69, 9.17) is 0 Å². The molecule has 5 amide bonds. The van der Waals surface area contributed by atoms with Gasteiger partial charge in [-0.2, -0.15) is 0 Å². The maximum absolute atomic E-state index is 12.1. The van der Waals surface area contributed by atoms with E-state index in [2.05, 4.69) is 46.6 Å². The molecule has 0 unspecified atom stereocenters. The van der Waals surface area contributed by atoms with Crippen LogP contribution in [0.4, 0.5) is 0 Å². The maximum Gasteiger partial charge on any atom is 0.221 e. The monoisotopic (exact) mass is 599 g/mol. The first kappa shape index (κ1) is 39.2.